The maximum Gasteiger partial charge on any atom is 0.341 e. The number of hydrogen-bond donors (Lipinski definition) is 1. The summed E-state index contributed by atoms with van der Waals surface area (Å²) in [7, 11) is 0. The zero-order valence-electron chi connectivity index (χ0n) is 11.0. The molecule has 0 saturated heterocycles. The fraction of sp³-hybridized carbons (Fsp3) is 0. The second-order valence-electron chi connectivity index (χ2n) is 4.47. The Hall–Kier alpha value is -2.53. The molecule has 0 radical (unpaired) electrons. The van der Waals surface area contributed by atoms with Crippen LogP contribution in [0.5, 0.6) is 0 Å². The molecule has 4 nitrogen and oxygen atoms in total. The topological polar surface area (TPSA) is 44.0 Å². The molecule has 0 amide bonds. The van der Waals surface area contributed by atoms with E-state index in [4.69, 9.17) is 0 Å². The van der Waals surface area contributed by atoms with Gasteiger partial charge in [-0.2, -0.15) is 0 Å². The second-order valence-corrected chi connectivity index (χ2v) is 4.92. The van der Waals surface area contributed by atoms with E-state index in [1.807, 2.05) is 24.3 Å². The molecule has 0 saturated carbocycles. The molecule has 5 heteroatoms. The first kappa shape index (κ1) is 13.5. The van der Waals surface area contributed by atoms with E-state index in [2.05, 4.69) is 12.6 Å². The van der Waals surface area contributed by atoms with Crippen LogP contribution in [-0.4, -0.2) is 9.13 Å². The van der Waals surface area contributed by atoms with E-state index in [1.54, 1.807) is 36.4 Å². The number of thiol groups is 1. The zero-order valence-corrected chi connectivity index (χ0v) is 11.9. The fourth-order valence-corrected chi connectivity index (χ4v) is 2.48. The van der Waals surface area contributed by atoms with Crippen LogP contribution in [-0.2, 0) is 0 Å². The van der Waals surface area contributed by atoms with E-state index in [0.29, 0.717) is 16.4 Å². The van der Waals surface area contributed by atoms with E-state index in [0.717, 1.165) is 4.57 Å². The van der Waals surface area contributed by atoms with Crippen LogP contribution in [0.25, 0.3) is 11.4 Å². The van der Waals surface area contributed by atoms with Crippen LogP contribution in [0, 0.1) is 0 Å². The Balaban J connectivity index is 2.35. The maximum atomic E-state index is 12.7. The van der Waals surface area contributed by atoms with Crippen molar-refractivity contribution < 1.29 is 0 Å². The van der Waals surface area contributed by atoms with Gasteiger partial charge in [0.2, 0.25) is 0 Å². The third kappa shape index (κ3) is 2.43. The summed E-state index contributed by atoms with van der Waals surface area (Å²) >= 11 is 4.26. The summed E-state index contributed by atoms with van der Waals surface area (Å²) in [5.41, 5.74) is 0.357. The normalized spacial score (nSPS) is 10.5. The van der Waals surface area contributed by atoms with E-state index < -0.39 is 11.2 Å². The van der Waals surface area contributed by atoms with Crippen molar-refractivity contribution >= 4 is 12.6 Å². The highest BCUT2D eigenvalue weighted by Crippen LogP contribution is 2.11. The predicted octanol–water partition coefficient (Wildman–Crippen LogP) is 2.28. The molecule has 2 aromatic carbocycles. The summed E-state index contributed by atoms with van der Waals surface area (Å²) in [6, 6.07) is 19.3. The van der Waals surface area contributed by atoms with Crippen molar-refractivity contribution in [1.82, 2.24) is 9.13 Å². The summed E-state index contributed by atoms with van der Waals surface area (Å²) in [5.74, 6) is 0. The highest BCUT2D eigenvalue weighted by atomic mass is 32.1. The van der Waals surface area contributed by atoms with Gasteiger partial charge in [0.15, 0.2) is 0 Å². The molecule has 0 atom stereocenters. The highest BCUT2D eigenvalue weighted by Gasteiger charge is 2.12. The molecule has 0 fully saturated rings. The lowest BCUT2D eigenvalue weighted by molar-refractivity contribution is 0.743. The number of benzene rings is 2. The van der Waals surface area contributed by atoms with Gasteiger partial charge in [-0.1, -0.05) is 36.4 Å². The van der Waals surface area contributed by atoms with Crippen LogP contribution < -0.4 is 11.2 Å². The third-order valence-corrected chi connectivity index (χ3v) is 3.44. The molecular weight excluding hydrogens is 284 g/mol. The van der Waals surface area contributed by atoms with Gasteiger partial charge in [0.25, 0.3) is 5.56 Å². The van der Waals surface area contributed by atoms with Crippen LogP contribution in [0.15, 0.2) is 81.3 Å². The summed E-state index contributed by atoms with van der Waals surface area (Å²) in [5, 5.41) is 0.309. The Kier molecular flexibility index (Phi) is 3.50. The smallest absolute Gasteiger partial charge is 0.269 e. The molecule has 1 aromatic heterocycles. The summed E-state index contributed by atoms with van der Waals surface area (Å²) in [6.45, 7) is 0. The van der Waals surface area contributed by atoms with Crippen molar-refractivity contribution in [2.75, 3.05) is 0 Å². The quantitative estimate of drug-likeness (QED) is 0.582. The highest BCUT2D eigenvalue weighted by molar-refractivity contribution is 7.80. The molecule has 0 bridgehead atoms. The van der Waals surface area contributed by atoms with E-state index in [-0.39, 0.29) is 0 Å². The first-order valence-electron chi connectivity index (χ1n) is 6.37. The van der Waals surface area contributed by atoms with E-state index >= 15 is 0 Å². The van der Waals surface area contributed by atoms with Crippen molar-refractivity contribution in [3.8, 4) is 11.4 Å². The molecule has 0 aliphatic rings. The Morgan fingerprint density at radius 3 is 1.71 bits per heavy atom. The summed E-state index contributed by atoms with van der Waals surface area (Å²) in [6.07, 6.45) is 0. The van der Waals surface area contributed by atoms with E-state index in [9.17, 15) is 9.59 Å². The second kappa shape index (κ2) is 5.46. The van der Waals surface area contributed by atoms with Gasteiger partial charge in [-0.05, 0) is 24.3 Å². The van der Waals surface area contributed by atoms with Gasteiger partial charge >= 0.3 is 5.69 Å². The van der Waals surface area contributed by atoms with Crippen LogP contribution in [0.4, 0.5) is 0 Å². The Morgan fingerprint density at radius 2 is 1.19 bits per heavy atom. The third-order valence-electron chi connectivity index (χ3n) is 3.11. The van der Waals surface area contributed by atoms with Crippen LogP contribution in [0.1, 0.15) is 0 Å². The average molecular weight is 296 g/mol. The van der Waals surface area contributed by atoms with Crippen LogP contribution >= 0.6 is 12.6 Å². The maximum absolute atomic E-state index is 12.7. The molecule has 0 N–H and O–H groups in total. The molecular formula is C16H12N2O2S. The van der Waals surface area contributed by atoms with Gasteiger partial charge in [0.1, 0.15) is 0 Å². The number of aromatic nitrogens is 2. The minimum atomic E-state index is -0.440. The van der Waals surface area contributed by atoms with Crippen molar-refractivity contribution in [3.05, 3.63) is 87.6 Å². The first-order valence-corrected chi connectivity index (χ1v) is 6.82. The van der Waals surface area contributed by atoms with Crippen molar-refractivity contribution in [2.24, 2.45) is 0 Å². The molecule has 0 spiro atoms. The number of rotatable bonds is 2. The van der Waals surface area contributed by atoms with Gasteiger partial charge in [-0.25, -0.2) is 9.36 Å². The Labute approximate surface area is 126 Å². The van der Waals surface area contributed by atoms with E-state index in [1.165, 1.54) is 10.6 Å². The minimum Gasteiger partial charge on any atom is -0.269 e. The summed E-state index contributed by atoms with van der Waals surface area (Å²) in [4.78, 5) is 24.8. The van der Waals surface area contributed by atoms with Crippen molar-refractivity contribution in [3.63, 3.8) is 0 Å². The Morgan fingerprint density at radius 1 is 0.714 bits per heavy atom. The van der Waals surface area contributed by atoms with Gasteiger partial charge in [-0.3, -0.25) is 9.36 Å². The number of para-hydroxylation sites is 2. The largest absolute Gasteiger partial charge is 0.341 e. The molecule has 0 aliphatic carbocycles. The standard InChI is InChI=1S/C16H12N2O2S/c19-14-11-15(21)18(13-9-5-2-6-10-13)16(20)17(14)12-7-3-1-4-8-12/h1-11,21H. The van der Waals surface area contributed by atoms with Gasteiger partial charge in [0, 0.05) is 6.07 Å². The molecule has 3 aromatic rings. The average Bonchev–Trinajstić information content (AvgIpc) is 2.49. The molecule has 3 rings (SSSR count). The van der Waals surface area contributed by atoms with Crippen LogP contribution in [0.3, 0.4) is 0 Å². The molecule has 21 heavy (non-hydrogen) atoms. The number of nitrogens with zero attached hydrogens (tertiary/aromatic N) is 2. The zero-order chi connectivity index (χ0) is 14.8. The summed E-state index contributed by atoms with van der Waals surface area (Å²) < 4.78 is 2.53. The Bertz CT molecular complexity index is 884. The first-order chi connectivity index (χ1) is 10.2. The SMILES string of the molecule is O=c1cc(S)n(-c2ccccc2)c(=O)n1-c1ccccc1. The minimum absolute atomic E-state index is 0.309. The predicted molar refractivity (Wildman–Crippen MR) is 84.9 cm³/mol. The van der Waals surface area contributed by atoms with Gasteiger partial charge in [0.05, 0.1) is 16.4 Å². The monoisotopic (exact) mass is 296 g/mol. The van der Waals surface area contributed by atoms with Crippen LogP contribution in [0.2, 0.25) is 0 Å². The lowest BCUT2D eigenvalue weighted by atomic mass is 10.3. The molecule has 0 aliphatic heterocycles. The molecule has 0 unspecified atom stereocenters. The lowest BCUT2D eigenvalue weighted by Gasteiger charge is -2.12. The molecule has 104 valence electrons. The van der Waals surface area contributed by atoms with Gasteiger partial charge < -0.3 is 0 Å². The van der Waals surface area contributed by atoms with Crippen molar-refractivity contribution in [2.45, 2.75) is 5.03 Å². The lowest BCUT2D eigenvalue weighted by Crippen LogP contribution is -2.38. The van der Waals surface area contributed by atoms with Gasteiger partial charge in [-0.15, -0.1) is 12.6 Å². The molecule has 1 heterocycles. The fourth-order valence-electron chi connectivity index (χ4n) is 2.17. The number of hydrogen-bond acceptors (Lipinski definition) is 3. The van der Waals surface area contributed by atoms with Crippen molar-refractivity contribution in [1.29, 1.82) is 0 Å².